The van der Waals surface area contributed by atoms with Crippen LogP contribution in [0.1, 0.15) is 0 Å². The first kappa shape index (κ1) is 21.4. The van der Waals surface area contributed by atoms with E-state index in [1.807, 2.05) is 54.9 Å². The van der Waals surface area contributed by atoms with E-state index in [9.17, 15) is 0 Å². The van der Waals surface area contributed by atoms with Gasteiger partial charge in [-0.25, -0.2) is 9.97 Å². The third-order valence-electron chi connectivity index (χ3n) is 6.31. The molecule has 8 heteroatoms. The summed E-state index contributed by atoms with van der Waals surface area (Å²) in [5.41, 5.74) is 7.29. The molecule has 0 amide bonds. The lowest BCUT2D eigenvalue weighted by Gasteiger charge is -2.37. The van der Waals surface area contributed by atoms with Gasteiger partial charge in [-0.1, -0.05) is 18.2 Å². The van der Waals surface area contributed by atoms with Gasteiger partial charge in [-0.2, -0.15) is 0 Å². The number of aromatic amines is 2. The van der Waals surface area contributed by atoms with Crippen molar-refractivity contribution < 1.29 is 0 Å². The van der Waals surface area contributed by atoms with Gasteiger partial charge in [0.2, 0.25) is 0 Å². The molecule has 6 rings (SSSR count). The van der Waals surface area contributed by atoms with Gasteiger partial charge in [0.1, 0.15) is 11.4 Å². The third kappa shape index (κ3) is 4.36. The van der Waals surface area contributed by atoms with Crippen LogP contribution in [0.25, 0.3) is 33.8 Å². The number of anilines is 2. The maximum Gasteiger partial charge on any atom is 0.173 e. The summed E-state index contributed by atoms with van der Waals surface area (Å²) >= 11 is 5.75. The first-order chi connectivity index (χ1) is 17.2. The lowest BCUT2D eigenvalue weighted by atomic mass is 10.1. The molecule has 0 unspecified atom stereocenters. The van der Waals surface area contributed by atoms with E-state index in [1.165, 1.54) is 5.69 Å². The highest BCUT2D eigenvalue weighted by atomic mass is 32.1. The highest BCUT2D eigenvalue weighted by Crippen LogP contribution is 2.30. The van der Waals surface area contributed by atoms with Crippen LogP contribution in [0.5, 0.6) is 0 Å². The van der Waals surface area contributed by atoms with Crippen molar-refractivity contribution in [2.75, 3.05) is 36.4 Å². The Morgan fingerprint density at radius 2 is 1.40 bits per heavy atom. The number of fused-ring (bicyclic) bond motifs is 1. The van der Waals surface area contributed by atoms with E-state index in [4.69, 9.17) is 22.2 Å². The zero-order valence-electron chi connectivity index (χ0n) is 19.1. The molecule has 0 aliphatic carbocycles. The summed E-state index contributed by atoms with van der Waals surface area (Å²) in [5, 5.41) is 4.15. The Bertz CT molecular complexity index is 1440. The van der Waals surface area contributed by atoms with E-state index < -0.39 is 0 Å². The van der Waals surface area contributed by atoms with E-state index in [2.05, 4.69) is 55.4 Å². The minimum atomic E-state index is 0.734. The number of H-pyrrole nitrogens is 2. The van der Waals surface area contributed by atoms with Crippen LogP contribution in [0.4, 0.5) is 11.4 Å². The van der Waals surface area contributed by atoms with Gasteiger partial charge in [0.05, 0.1) is 22.4 Å². The van der Waals surface area contributed by atoms with Crippen molar-refractivity contribution in [1.29, 1.82) is 0 Å². The van der Waals surface area contributed by atoms with E-state index in [0.29, 0.717) is 0 Å². The largest absolute Gasteiger partial charge is 0.368 e. The van der Waals surface area contributed by atoms with Crippen LogP contribution in [0.3, 0.4) is 0 Å². The number of hydrogen-bond donors (Lipinski definition) is 3. The number of aromatic nitrogens is 4. The molecule has 1 aliphatic heterocycles. The minimum absolute atomic E-state index is 0.734. The summed E-state index contributed by atoms with van der Waals surface area (Å²) in [6.45, 7) is 3.64. The quantitative estimate of drug-likeness (QED) is 0.310. The smallest absolute Gasteiger partial charge is 0.173 e. The molecule has 0 radical (unpaired) electrons. The SMILES string of the molecule is S=C(Nc1ccc2nc(-c3ccc[nH]3)c(-c3ccc[nH]3)nc2c1)N1CCN(c2ccccc2)CC1. The van der Waals surface area contributed by atoms with Gasteiger partial charge in [-0.15, -0.1) is 0 Å². The van der Waals surface area contributed by atoms with Crippen LogP contribution in [-0.2, 0) is 0 Å². The first-order valence-corrected chi connectivity index (χ1v) is 12.1. The van der Waals surface area contributed by atoms with E-state index in [0.717, 1.165) is 70.8 Å². The highest BCUT2D eigenvalue weighted by Gasteiger charge is 2.20. The topological polar surface area (TPSA) is 75.9 Å². The monoisotopic (exact) mass is 479 g/mol. The zero-order valence-corrected chi connectivity index (χ0v) is 19.9. The Labute approximate surface area is 208 Å². The number of hydrogen-bond acceptors (Lipinski definition) is 4. The van der Waals surface area contributed by atoms with Gasteiger partial charge in [0.15, 0.2) is 5.11 Å². The molecule has 3 aromatic heterocycles. The lowest BCUT2D eigenvalue weighted by Crippen LogP contribution is -2.50. The van der Waals surface area contributed by atoms with Crippen LogP contribution >= 0.6 is 12.2 Å². The predicted molar refractivity (Wildman–Crippen MR) is 146 cm³/mol. The van der Waals surface area contributed by atoms with Gasteiger partial charge in [-0.3, -0.25) is 0 Å². The Morgan fingerprint density at radius 1 is 0.743 bits per heavy atom. The summed E-state index contributed by atoms with van der Waals surface area (Å²) in [6.07, 6.45) is 3.79. The molecule has 0 saturated carbocycles. The number of nitrogens with zero attached hydrogens (tertiary/aromatic N) is 4. The van der Waals surface area contributed by atoms with Crippen molar-refractivity contribution >= 4 is 39.7 Å². The van der Waals surface area contributed by atoms with Gasteiger partial charge < -0.3 is 25.1 Å². The van der Waals surface area contributed by atoms with Crippen LogP contribution in [0.15, 0.2) is 85.2 Å². The van der Waals surface area contributed by atoms with Crippen LogP contribution in [0, 0.1) is 0 Å². The Balaban J connectivity index is 1.22. The van der Waals surface area contributed by atoms with Gasteiger partial charge in [0, 0.05) is 49.9 Å². The fraction of sp³-hybridized carbons (Fsp3) is 0.148. The maximum absolute atomic E-state index is 5.75. The summed E-state index contributed by atoms with van der Waals surface area (Å²) < 4.78 is 0. The maximum atomic E-state index is 5.75. The molecule has 35 heavy (non-hydrogen) atoms. The summed E-state index contributed by atoms with van der Waals surface area (Å²) in [7, 11) is 0. The van der Waals surface area contributed by atoms with Crippen molar-refractivity contribution in [3.05, 3.63) is 85.2 Å². The van der Waals surface area contributed by atoms with Crippen molar-refractivity contribution in [2.45, 2.75) is 0 Å². The summed E-state index contributed by atoms with van der Waals surface area (Å²) in [5.74, 6) is 0. The van der Waals surface area contributed by atoms with Crippen LogP contribution in [-0.4, -0.2) is 56.1 Å². The number of piperazine rings is 1. The fourth-order valence-corrected chi connectivity index (χ4v) is 4.77. The van der Waals surface area contributed by atoms with Crippen molar-refractivity contribution in [1.82, 2.24) is 24.8 Å². The Hall–Kier alpha value is -4.17. The molecule has 3 N–H and O–H groups in total. The van der Waals surface area contributed by atoms with Crippen molar-refractivity contribution in [3.63, 3.8) is 0 Å². The lowest BCUT2D eigenvalue weighted by molar-refractivity contribution is 0.391. The second-order valence-corrected chi connectivity index (χ2v) is 8.92. The van der Waals surface area contributed by atoms with Gasteiger partial charge >= 0.3 is 0 Å². The average Bonchev–Trinajstić information content (AvgIpc) is 3.63. The van der Waals surface area contributed by atoms with E-state index in [-0.39, 0.29) is 0 Å². The Kier molecular flexibility index (Phi) is 5.64. The molecule has 4 heterocycles. The molecule has 2 aromatic carbocycles. The molecular formula is C27H25N7S. The predicted octanol–water partition coefficient (Wildman–Crippen LogP) is 5.14. The molecular weight excluding hydrogens is 454 g/mol. The highest BCUT2D eigenvalue weighted by molar-refractivity contribution is 7.80. The standard InChI is InChI=1S/C27H25N7S/c35-27(34-16-14-33(15-17-34)20-6-2-1-3-7-20)30-19-10-11-21-24(18-19)32-26(23-9-5-13-29-23)25(31-21)22-8-4-12-28-22/h1-13,18,28-29H,14-17H2,(H,30,35). The van der Waals surface area contributed by atoms with E-state index in [1.54, 1.807) is 0 Å². The third-order valence-corrected chi connectivity index (χ3v) is 6.67. The number of nitrogens with one attached hydrogen (secondary N) is 3. The molecule has 0 spiro atoms. The van der Waals surface area contributed by atoms with E-state index >= 15 is 0 Å². The molecule has 1 aliphatic rings. The van der Waals surface area contributed by atoms with Gasteiger partial charge in [0.25, 0.3) is 0 Å². The summed E-state index contributed by atoms with van der Waals surface area (Å²) in [4.78, 5) is 21.0. The molecule has 1 fully saturated rings. The molecule has 0 bridgehead atoms. The number of thiocarbonyl (C=S) groups is 1. The first-order valence-electron chi connectivity index (χ1n) is 11.7. The molecule has 0 atom stereocenters. The van der Waals surface area contributed by atoms with Crippen LogP contribution in [0.2, 0.25) is 0 Å². The normalized spacial score (nSPS) is 13.8. The minimum Gasteiger partial charge on any atom is -0.368 e. The zero-order chi connectivity index (χ0) is 23.6. The molecule has 7 nitrogen and oxygen atoms in total. The van der Waals surface area contributed by atoms with Crippen molar-refractivity contribution in [2.24, 2.45) is 0 Å². The Morgan fingerprint density at radius 3 is 2.03 bits per heavy atom. The fourth-order valence-electron chi connectivity index (χ4n) is 4.47. The number of rotatable bonds is 4. The molecule has 174 valence electrons. The second-order valence-electron chi connectivity index (χ2n) is 8.53. The molecule has 1 saturated heterocycles. The van der Waals surface area contributed by atoms with Crippen molar-refractivity contribution in [3.8, 4) is 22.8 Å². The number of benzene rings is 2. The number of para-hydroxylation sites is 1. The second kappa shape index (κ2) is 9.23. The van der Waals surface area contributed by atoms with Gasteiger partial charge in [-0.05, 0) is 66.8 Å². The summed E-state index contributed by atoms with van der Waals surface area (Å²) in [6, 6.07) is 24.5. The molecule has 5 aromatic rings. The van der Waals surface area contributed by atoms with Crippen LogP contribution < -0.4 is 10.2 Å². The average molecular weight is 480 g/mol.